The monoisotopic (exact) mass is 957 g/mol. The van der Waals surface area contributed by atoms with Crippen LogP contribution >= 0.6 is 0 Å². The highest BCUT2D eigenvalue weighted by atomic mass is 16.6. The number of ether oxygens (including phenoxy) is 3. The van der Waals surface area contributed by atoms with E-state index in [0.29, 0.717) is 19.3 Å². The van der Waals surface area contributed by atoms with Crippen LogP contribution in [0.15, 0.2) is 109 Å². The van der Waals surface area contributed by atoms with E-state index in [0.717, 1.165) is 103 Å². The lowest BCUT2D eigenvalue weighted by Gasteiger charge is -2.18. The Labute approximate surface area is 425 Å². The van der Waals surface area contributed by atoms with Gasteiger partial charge < -0.3 is 14.2 Å². The Balaban J connectivity index is 4.53. The Bertz CT molecular complexity index is 1420. The molecule has 0 bridgehead atoms. The number of unbranched alkanes of at least 4 members (excludes halogenated alkanes) is 21. The normalized spacial score (nSPS) is 12.9. The van der Waals surface area contributed by atoms with E-state index in [4.69, 9.17) is 14.2 Å². The molecular formula is C63H104O6. The second-order valence-electron chi connectivity index (χ2n) is 18.5. The second-order valence-corrected chi connectivity index (χ2v) is 18.5. The molecule has 0 aliphatic rings. The van der Waals surface area contributed by atoms with Crippen LogP contribution in [-0.2, 0) is 28.6 Å². The number of carbonyl (C=O) groups excluding carboxylic acids is 3. The van der Waals surface area contributed by atoms with Gasteiger partial charge in [0.05, 0.1) is 0 Å². The summed E-state index contributed by atoms with van der Waals surface area (Å²) in [7, 11) is 0. The van der Waals surface area contributed by atoms with Crippen LogP contribution in [0.5, 0.6) is 0 Å². The molecule has 0 fully saturated rings. The van der Waals surface area contributed by atoms with Gasteiger partial charge >= 0.3 is 17.9 Å². The fourth-order valence-corrected chi connectivity index (χ4v) is 7.40. The molecule has 0 amide bonds. The van der Waals surface area contributed by atoms with Gasteiger partial charge in [0.25, 0.3) is 0 Å². The Morgan fingerprint density at radius 3 is 0.855 bits per heavy atom. The van der Waals surface area contributed by atoms with Gasteiger partial charge in [0.15, 0.2) is 6.10 Å². The van der Waals surface area contributed by atoms with Crippen LogP contribution in [0.25, 0.3) is 0 Å². The zero-order chi connectivity index (χ0) is 50.0. The van der Waals surface area contributed by atoms with Crippen LogP contribution in [0.4, 0.5) is 0 Å². The maximum absolute atomic E-state index is 12.8. The average molecular weight is 958 g/mol. The molecule has 0 aliphatic heterocycles. The fourth-order valence-electron chi connectivity index (χ4n) is 7.40. The lowest BCUT2D eigenvalue weighted by molar-refractivity contribution is -0.167. The minimum atomic E-state index is -0.816. The van der Waals surface area contributed by atoms with E-state index in [9.17, 15) is 14.4 Å². The predicted molar refractivity (Wildman–Crippen MR) is 297 cm³/mol. The molecule has 0 N–H and O–H groups in total. The van der Waals surface area contributed by atoms with Crippen molar-refractivity contribution in [1.29, 1.82) is 0 Å². The summed E-state index contributed by atoms with van der Waals surface area (Å²) in [6.07, 6.45) is 76.4. The minimum absolute atomic E-state index is 0.109. The largest absolute Gasteiger partial charge is 0.462 e. The summed E-state index contributed by atoms with van der Waals surface area (Å²) in [4.78, 5) is 38.1. The summed E-state index contributed by atoms with van der Waals surface area (Å²) in [5, 5.41) is 0. The van der Waals surface area contributed by atoms with Crippen molar-refractivity contribution in [3.05, 3.63) is 109 Å². The summed E-state index contributed by atoms with van der Waals surface area (Å²) >= 11 is 0. The summed E-state index contributed by atoms with van der Waals surface area (Å²) in [5.41, 5.74) is 0. The van der Waals surface area contributed by atoms with E-state index in [1.54, 1.807) is 0 Å². The quantitative estimate of drug-likeness (QED) is 0.0262. The molecule has 0 aliphatic carbocycles. The van der Waals surface area contributed by atoms with E-state index < -0.39 is 6.10 Å². The highest BCUT2D eigenvalue weighted by molar-refractivity contribution is 5.71. The molecule has 0 radical (unpaired) electrons. The van der Waals surface area contributed by atoms with Crippen molar-refractivity contribution in [2.45, 2.75) is 258 Å². The predicted octanol–water partition coefficient (Wildman–Crippen LogP) is 19.1. The van der Waals surface area contributed by atoms with Gasteiger partial charge in [0.1, 0.15) is 13.2 Å². The number of allylic oxidation sites excluding steroid dienone is 18. The molecule has 0 saturated carbocycles. The van der Waals surface area contributed by atoms with Gasteiger partial charge in [-0.05, 0) is 135 Å². The van der Waals surface area contributed by atoms with E-state index in [2.05, 4.69) is 130 Å². The number of rotatable bonds is 50. The number of hydrogen-bond acceptors (Lipinski definition) is 6. The van der Waals surface area contributed by atoms with Crippen molar-refractivity contribution >= 4 is 17.9 Å². The van der Waals surface area contributed by atoms with E-state index in [-0.39, 0.29) is 37.5 Å². The SMILES string of the molecule is CCCCC/C=C\C/C=C\C/C=C\C/C=C\CCCCCC(=O)O[C@@H](COC(=O)CCCC/C=C\C/C=C\C/C=C\CCCCC)COC(=O)CCCCCCCCC/C=C\C/C=C\CCCCC. The molecule has 6 nitrogen and oxygen atoms in total. The maximum Gasteiger partial charge on any atom is 0.306 e. The molecule has 0 aromatic heterocycles. The zero-order valence-electron chi connectivity index (χ0n) is 44.8. The van der Waals surface area contributed by atoms with Crippen LogP contribution in [0, 0.1) is 0 Å². The minimum Gasteiger partial charge on any atom is -0.462 e. The summed E-state index contributed by atoms with van der Waals surface area (Å²) in [6, 6.07) is 0. The first-order chi connectivity index (χ1) is 34.0. The van der Waals surface area contributed by atoms with Gasteiger partial charge in [0, 0.05) is 19.3 Å². The van der Waals surface area contributed by atoms with Gasteiger partial charge in [-0.25, -0.2) is 0 Å². The van der Waals surface area contributed by atoms with Crippen molar-refractivity contribution in [2.75, 3.05) is 13.2 Å². The number of hydrogen-bond donors (Lipinski definition) is 0. The summed E-state index contributed by atoms with van der Waals surface area (Å²) < 4.78 is 16.8. The lowest BCUT2D eigenvalue weighted by atomic mass is 10.1. The first kappa shape index (κ1) is 65.1. The highest BCUT2D eigenvalue weighted by Crippen LogP contribution is 2.13. The van der Waals surface area contributed by atoms with Gasteiger partial charge in [-0.3, -0.25) is 14.4 Å². The third-order valence-electron chi connectivity index (χ3n) is 11.7. The molecule has 0 heterocycles. The van der Waals surface area contributed by atoms with Crippen molar-refractivity contribution in [2.24, 2.45) is 0 Å². The smallest absolute Gasteiger partial charge is 0.306 e. The van der Waals surface area contributed by atoms with Crippen LogP contribution in [0.1, 0.15) is 252 Å². The molecule has 1 atom stereocenters. The third kappa shape index (κ3) is 54.9. The Morgan fingerprint density at radius 1 is 0.290 bits per heavy atom. The molecule has 392 valence electrons. The van der Waals surface area contributed by atoms with Crippen LogP contribution in [0.2, 0.25) is 0 Å². The van der Waals surface area contributed by atoms with E-state index >= 15 is 0 Å². The summed E-state index contributed by atoms with van der Waals surface area (Å²) in [6.45, 7) is 6.49. The molecule has 0 unspecified atom stereocenters. The van der Waals surface area contributed by atoms with E-state index in [1.807, 2.05) is 0 Å². The molecule has 0 saturated heterocycles. The third-order valence-corrected chi connectivity index (χ3v) is 11.7. The number of esters is 3. The van der Waals surface area contributed by atoms with Gasteiger partial charge in [-0.1, -0.05) is 207 Å². The first-order valence-electron chi connectivity index (χ1n) is 28.4. The lowest BCUT2D eigenvalue weighted by Crippen LogP contribution is -2.30. The van der Waals surface area contributed by atoms with Gasteiger partial charge in [-0.2, -0.15) is 0 Å². The average Bonchev–Trinajstić information content (AvgIpc) is 3.35. The Kier molecular flexibility index (Phi) is 53.4. The molecular weight excluding hydrogens is 853 g/mol. The van der Waals surface area contributed by atoms with Crippen molar-refractivity contribution in [3.63, 3.8) is 0 Å². The highest BCUT2D eigenvalue weighted by Gasteiger charge is 2.19. The molecule has 0 aromatic carbocycles. The van der Waals surface area contributed by atoms with Crippen molar-refractivity contribution < 1.29 is 28.6 Å². The van der Waals surface area contributed by atoms with Gasteiger partial charge in [-0.15, -0.1) is 0 Å². The summed E-state index contributed by atoms with van der Waals surface area (Å²) in [5.74, 6) is -0.988. The van der Waals surface area contributed by atoms with E-state index in [1.165, 1.54) is 103 Å². The Hall–Kier alpha value is -3.93. The number of carbonyl (C=O) groups is 3. The standard InChI is InChI=1S/C63H104O6/c1-4-7-10-13-16-19-22-25-28-30-31-33-36-39-42-45-48-51-54-57-63(66)69-60(58-67-61(64)55-52-49-46-43-40-37-34-27-24-21-18-15-12-9-6-3)59-68-62(65)56-53-50-47-44-41-38-35-32-29-26-23-20-17-14-11-8-5-2/h16-21,25-29,31,33-34,39-40,42-43,60H,4-15,22-24,30,32,35-38,41,44-59H2,1-3H3/b19-16-,20-17-,21-18-,28-25-,29-26-,33-31-,34-27-,42-39-,43-40-/t60-/m0/s1. The maximum atomic E-state index is 12.8. The molecule has 69 heavy (non-hydrogen) atoms. The van der Waals surface area contributed by atoms with Crippen LogP contribution in [0.3, 0.4) is 0 Å². The first-order valence-corrected chi connectivity index (χ1v) is 28.4. The molecule has 0 aromatic rings. The fraction of sp³-hybridized carbons (Fsp3) is 0.667. The second kappa shape index (κ2) is 56.7. The van der Waals surface area contributed by atoms with Crippen LogP contribution < -0.4 is 0 Å². The van der Waals surface area contributed by atoms with Crippen LogP contribution in [-0.4, -0.2) is 37.2 Å². The molecule has 6 heteroatoms. The van der Waals surface area contributed by atoms with Gasteiger partial charge in [0.2, 0.25) is 0 Å². The van der Waals surface area contributed by atoms with Crippen molar-refractivity contribution in [3.8, 4) is 0 Å². The molecule has 0 spiro atoms. The topological polar surface area (TPSA) is 78.9 Å². The zero-order valence-corrected chi connectivity index (χ0v) is 44.8. The molecule has 0 rings (SSSR count). The Morgan fingerprint density at radius 2 is 0.522 bits per heavy atom. The van der Waals surface area contributed by atoms with Crippen molar-refractivity contribution in [1.82, 2.24) is 0 Å².